The Morgan fingerprint density at radius 3 is 2.60 bits per heavy atom. The third-order valence-corrected chi connectivity index (χ3v) is 2.55. The van der Waals surface area contributed by atoms with Crippen LogP contribution in [0.1, 0.15) is 32.3 Å². The molecule has 0 amide bonds. The number of hydrogen-bond donors (Lipinski definition) is 1. The Bertz CT molecular complexity index is 296. The van der Waals surface area contributed by atoms with E-state index in [2.05, 4.69) is 50.4 Å². The molecule has 2 heteroatoms. The van der Waals surface area contributed by atoms with Crippen LogP contribution in [0.2, 0.25) is 0 Å². The molecule has 0 aliphatic carbocycles. The van der Waals surface area contributed by atoms with Crippen LogP contribution in [0.4, 0.5) is 5.69 Å². The molecule has 0 radical (unpaired) electrons. The van der Waals surface area contributed by atoms with Gasteiger partial charge in [-0.25, -0.2) is 0 Å². The van der Waals surface area contributed by atoms with Gasteiger partial charge in [0, 0.05) is 19.3 Å². The summed E-state index contributed by atoms with van der Waals surface area (Å²) in [7, 11) is 1.73. The first-order chi connectivity index (χ1) is 7.13. The first-order valence-corrected chi connectivity index (χ1v) is 5.50. The summed E-state index contributed by atoms with van der Waals surface area (Å²) >= 11 is 0. The highest BCUT2D eigenvalue weighted by molar-refractivity contribution is 5.46. The Morgan fingerprint density at radius 1 is 1.27 bits per heavy atom. The first kappa shape index (κ1) is 12.1. The molecule has 0 heterocycles. The molecule has 0 spiro atoms. The summed E-state index contributed by atoms with van der Waals surface area (Å²) in [6, 6.07) is 8.55. The molecule has 0 saturated heterocycles. The summed E-state index contributed by atoms with van der Waals surface area (Å²) in [5.41, 5.74) is 2.54. The number of rotatable bonds is 5. The molecule has 1 unspecified atom stereocenters. The summed E-state index contributed by atoms with van der Waals surface area (Å²) in [6.45, 7) is 7.31. The minimum Gasteiger partial charge on any atom is -0.382 e. The maximum Gasteiger partial charge on any atom is 0.0715 e. The first-order valence-electron chi connectivity index (χ1n) is 5.50. The molecule has 15 heavy (non-hydrogen) atoms. The van der Waals surface area contributed by atoms with Crippen molar-refractivity contribution in [1.82, 2.24) is 0 Å². The van der Waals surface area contributed by atoms with Crippen LogP contribution in [0.5, 0.6) is 0 Å². The molecule has 0 bridgehead atoms. The molecular weight excluding hydrogens is 186 g/mol. The van der Waals surface area contributed by atoms with Crippen LogP contribution in [0, 0.1) is 0 Å². The van der Waals surface area contributed by atoms with Crippen LogP contribution >= 0.6 is 0 Å². The maximum atomic E-state index is 5.19. The second-order valence-electron chi connectivity index (χ2n) is 4.21. The zero-order valence-corrected chi connectivity index (χ0v) is 10.1. The molecule has 0 fully saturated rings. The second-order valence-corrected chi connectivity index (χ2v) is 4.21. The lowest BCUT2D eigenvalue weighted by atomic mass is 10.0. The number of methoxy groups -OCH3 is 1. The van der Waals surface area contributed by atoms with Crippen molar-refractivity contribution in [3.05, 3.63) is 29.8 Å². The van der Waals surface area contributed by atoms with Gasteiger partial charge in [0.15, 0.2) is 0 Å². The van der Waals surface area contributed by atoms with Crippen molar-refractivity contribution in [2.45, 2.75) is 32.8 Å². The summed E-state index contributed by atoms with van der Waals surface area (Å²) < 4.78 is 5.19. The number of anilines is 1. The van der Waals surface area contributed by atoms with E-state index in [1.54, 1.807) is 7.11 Å². The predicted molar refractivity (Wildman–Crippen MR) is 65.5 cm³/mol. The monoisotopic (exact) mass is 207 g/mol. The Kier molecular flexibility index (Phi) is 4.63. The van der Waals surface area contributed by atoms with Crippen molar-refractivity contribution < 1.29 is 4.74 Å². The Hall–Kier alpha value is -1.02. The average Bonchev–Trinajstić information content (AvgIpc) is 2.26. The zero-order valence-electron chi connectivity index (χ0n) is 10.1. The van der Waals surface area contributed by atoms with Crippen molar-refractivity contribution in [3.63, 3.8) is 0 Å². The number of ether oxygens (including phenoxy) is 1. The fraction of sp³-hybridized carbons (Fsp3) is 0.538. The molecule has 0 aliphatic rings. The lowest BCUT2D eigenvalue weighted by Gasteiger charge is -2.13. The van der Waals surface area contributed by atoms with Gasteiger partial charge in [-0.05, 0) is 30.5 Å². The fourth-order valence-electron chi connectivity index (χ4n) is 1.35. The van der Waals surface area contributed by atoms with E-state index >= 15 is 0 Å². The lowest BCUT2D eigenvalue weighted by Crippen LogP contribution is -2.18. The Morgan fingerprint density at radius 2 is 2.00 bits per heavy atom. The fourth-order valence-corrected chi connectivity index (χ4v) is 1.35. The van der Waals surface area contributed by atoms with Gasteiger partial charge in [0.2, 0.25) is 0 Å². The van der Waals surface area contributed by atoms with Gasteiger partial charge in [-0.3, -0.25) is 0 Å². The third-order valence-electron chi connectivity index (χ3n) is 2.55. The van der Waals surface area contributed by atoms with Gasteiger partial charge in [0.1, 0.15) is 0 Å². The van der Waals surface area contributed by atoms with E-state index < -0.39 is 0 Å². The minimum absolute atomic E-state index is 0.243. The van der Waals surface area contributed by atoms with Crippen LogP contribution in [0.3, 0.4) is 0 Å². The summed E-state index contributed by atoms with van der Waals surface area (Å²) in [5.74, 6) is 0.576. The van der Waals surface area contributed by atoms with Gasteiger partial charge in [-0.1, -0.05) is 26.0 Å². The van der Waals surface area contributed by atoms with E-state index in [0.717, 1.165) is 6.54 Å². The number of hydrogen-bond acceptors (Lipinski definition) is 2. The van der Waals surface area contributed by atoms with Crippen LogP contribution in [0.15, 0.2) is 24.3 Å². The van der Waals surface area contributed by atoms with E-state index in [-0.39, 0.29) is 6.10 Å². The highest BCUT2D eigenvalue weighted by atomic mass is 16.5. The highest BCUT2D eigenvalue weighted by Crippen LogP contribution is 2.18. The predicted octanol–water partition coefficient (Wildman–Crippen LogP) is 3.26. The topological polar surface area (TPSA) is 21.3 Å². The van der Waals surface area contributed by atoms with Gasteiger partial charge in [0.05, 0.1) is 6.10 Å². The molecule has 0 aliphatic heterocycles. The summed E-state index contributed by atoms with van der Waals surface area (Å²) in [5, 5.41) is 3.37. The van der Waals surface area contributed by atoms with Crippen molar-refractivity contribution in [2.24, 2.45) is 0 Å². The number of nitrogens with one attached hydrogen (secondary N) is 1. The molecule has 0 saturated carbocycles. The number of benzene rings is 1. The van der Waals surface area contributed by atoms with Crippen LogP contribution < -0.4 is 5.32 Å². The zero-order chi connectivity index (χ0) is 11.3. The molecule has 0 aromatic heterocycles. The Balaban J connectivity index is 2.58. The van der Waals surface area contributed by atoms with E-state index in [1.165, 1.54) is 11.3 Å². The summed E-state index contributed by atoms with van der Waals surface area (Å²) in [4.78, 5) is 0. The lowest BCUT2D eigenvalue weighted by molar-refractivity contribution is 0.129. The van der Waals surface area contributed by atoms with Crippen LogP contribution in [0.25, 0.3) is 0 Å². The Labute approximate surface area is 92.6 Å². The van der Waals surface area contributed by atoms with E-state index in [9.17, 15) is 0 Å². The van der Waals surface area contributed by atoms with Crippen LogP contribution in [-0.4, -0.2) is 19.8 Å². The molecule has 1 aromatic rings. The van der Waals surface area contributed by atoms with E-state index in [0.29, 0.717) is 5.92 Å². The minimum atomic E-state index is 0.243. The average molecular weight is 207 g/mol. The normalized spacial score (nSPS) is 12.9. The van der Waals surface area contributed by atoms with Gasteiger partial charge < -0.3 is 10.1 Å². The van der Waals surface area contributed by atoms with Crippen molar-refractivity contribution in [3.8, 4) is 0 Å². The van der Waals surface area contributed by atoms with Crippen molar-refractivity contribution in [2.75, 3.05) is 19.0 Å². The van der Waals surface area contributed by atoms with Gasteiger partial charge >= 0.3 is 0 Å². The van der Waals surface area contributed by atoms with Crippen LogP contribution in [-0.2, 0) is 4.74 Å². The summed E-state index contributed by atoms with van der Waals surface area (Å²) in [6.07, 6.45) is 0.243. The van der Waals surface area contributed by atoms with Crippen molar-refractivity contribution in [1.29, 1.82) is 0 Å². The third kappa shape index (κ3) is 3.92. The van der Waals surface area contributed by atoms with Gasteiger partial charge in [-0.2, -0.15) is 0 Å². The van der Waals surface area contributed by atoms with E-state index in [4.69, 9.17) is 4.74 Å². The van der Waals surface area contributed by atoms with Gasteiger partial charge in [0.25, 0.3) is 0 Å². The maximum absolute atomic E-state index is 5.19. The standard InChI is InChI=1S/C13H21NO/c1-10(2)12-6-5-7-13(8-12)14-9-11(3)15-4/h5-8,10-11,14H,9H2,1-4H3. The van der Waals surface area contributed by atoms with Gasteiger partial charge in [-0.15, -0.1) is 0 Å². The second kappa shape index (κ2) is 5.76. The smallest absolute Gasteiger partial charge is 0.0715 e. The van der Waals surface area contributed by atoms with Crippen molar-refractivity contribution >= 4 is 5.69 Å². The molecule has 1 rings (SSSR count). The SMILES string of the molecule is COC(C)CNc1cccc(C(C)C)c1. The molecule has 1 aromatic carbocycles. The van der Waals surface area contributed by atoms with E-state index in [1.807, 2.05) is 0 Å². The quantitative estimate of drug-likeness (QED) is 0.800. The highest BCUT2D eigenvalue weighted by Gasteiger charge is 2.01. The molecular formula is C13H21NO. The molecule has 1 N–H and O–H groups in total. The molecule has 1 atom stereocenters. The molecule has 84 valence electrons. The largest absolute Gasteiger partial charge is 0.382 e. The molecule has 2 nitrogen and oxygen atoms in total.